The number of rotatable bonds is 4. The molecule has 2 aromatic carbocycles. The van der Waals surface area contributed by atoms with Crippen molar-refractivity contribution in [2.45, 2.75) is 12.8 Å². The quantitative estimate of drug-likeness (QED) is 0.728. The summed E-state index contributed by atoms with van der Waals surface area (Å²) >= 11 is 1.47. The molecule has 4 rings (SSSR count). The number of thiazole rings is 1. The van der Waals surface area contributed by atoms with Crippen LogP contribution in [0.4, 0.5) is 15.2 Å². The first kappa shape index (κ1) is 17.7. The van der Waals surface area contributed by atoms with Crippen LogP contribution in [-0.4, -0.2) is 31.1 Å². The first-order valence-electron chi connectivity index (χ1n) is 8.88. The van der Waals surface area contributed by atoms with Gasteiger partial charge in [-0.05, 0) is 55.3 Å². The highest BCUT2D eigenvalue weighted by molar-refractivity contribution is 7.22. The number of aromatic nitrogens is 1. The summed E-state index contributed by atoms with van der Waals surface area (Å²) < 4.78 is 19.4. The molecule has 1 unspecified atom stereocenters. The van der Waals surface area contributed by atoms with Gasteiger partial charge in [0.2, 0.25) is 5.91 Å². The molecule has 1 aliphatic rings. The molecular weight excluding hydrogens is 365 g/mol. The van der Waals surface area contributed by atoms with Crippen LogP contribution in [0.2, 0.25) is 0 Å². The second-order valence-corrected chi connectivity index (χ2v) is 7.62. The maximum absolute atomic E-state index is 13.4. The number of methoxy groups -OCH3 is 1. The fourth-order valence-electron chi connectivity index (χ4n) is 3.31. The molecule has 1 aromatic heterocycles. The van der Waals surface area contributed by atoms with Crippen LogP contribution in [0, 0.1) is 11.7 Å². The van der Waals surface area contributed by atoms with E-state index in [9.17, 15) is 9.18 Å². The molecule has 140 valence electrons. The van der Waals surface area contributed by atoms with Crippen LogP contribution in [0.25, 0.3) is 10.2 Å². The van der Waals surface area contributed by atoms with E-state index in [0.29, 0.717) is 6.54 Å². The van der Waals surface area contributed by atoms with Crippen molar-refractivity contribution < 1.29 is 13.9 Å². The molecule has 1 saturated heterocycles. The molecule has 0 saturated carbocycles. The lowest BCUT2D eigenvalue weighted by Crippen LogP contribution is -2.40. The minimum atomic E-state index is -0.256. The van der Waals surface area contributed by atoms with E-state index in [2.05, 4.69) is 15.2 Å². The predicted molar refractivity (Wildman–Crippen MR) is 106 cm³/mol. The van der Waals surface area contributed by atoms with Gasteiger partial charge in [-0.2, -0.15) is 0 Å². The molecule has 27 heavy (non-hydrogen) atoms. The van der Waals surface area contributed by atoms with Crippen molar-refractivity contribution >= 4 is 38.3 Å². The molecule has 3 aromatic rings. The third-order valence-corrected chi connectivity index (χ3v) is 5.84. The van der Waals surface area contributed by atoms with Crippen LogP contribution in [0.15, 0.2) is 42.5 Å². The monoisotopic (exact) mass is 385 g/mol. The second kappa shape index (κ2) is 7.52. The molecule has 1 aliphatic heterocycles. The first-order valence-corrected chi connectivity index (χ1v) is 9.70. The van der Waals surface area contributed by atoms with Crippen molar-refractivity contribution in [2.75, 3.05) is 30.4 Å². The fraction of sp³-hybridized carbons (Fsp3) is 0.300. The molecule has 1 amide bonds. The Balaban J connectivity index is 1.45. The third kappa shape index (κ3) is 3.88. The van der Waals surface area contributed by atoms with E-state index in [1.54, 1.807) is 13.2 Å². The number of ether oxygens (including phenoxy) is 1. The molecule has 1 fully saturated rings. The summed E-state index contributed by atoms with van der Waals surface area (Å²) in [6.07, 6.45) is 1.77. The molecule has 1 N–H and O–H groups in total. The minimum absolute atomic E-state index is 0.0111. The molecule has 1 atom stereocenters. The average molecular weight is 385 g/mol. The Morgan fingerprint density at radius 3 is 2.89 bits per heavy atom. The molecule has 7 heteroatoms. The third-order valence-electron chi connectivity index (χ3n) is 4.76. The zero-order valence-electron chi connectivity index (χ0n) is 14.9. The van der Waals surface area contributed by atoms with Crippen molar-refractivity contribution in [3.63, 3.8) is 0 Å². The molecular formula is C20H20FN3O2S. The average Bonchev–Trinajstić information content (AvgIpc) is 3.12. The van der Waals surface area contributed by atoms with Crippen LogP contribution in [-0.2, 0) is 4.79 Å². The molecule has 0 aliphatic carbocycles. The number of piperidine rings is 1. The Morgan fingerprint density at radius 2 is 2.11 bits per heavy atom. The van der Waals surface area contributed by atoms with Gasteiger partial charge in [-0.3, -0.25) is 4.79 Å². The summed E-state index contributed by atoms with van der Waals surface area (Å²) in [5.41, 5.74) is 1.55. The molecule has 0 spiro atoms. The zero-order valence-corrected chi connectivity index (χ0v) is 15.8. The second-order valence-electron chi connectivity index (χ2n) is 6.61. The summed E-state index contributed by atoms with van der Waals surface area (Å²) in [5.74, 6) is 0.402. The Morgan fingerprint density at radius 1 is 1.30 bits per heavy atom. The topological polar surface area (TPSA) is 54.5 Å². The summed E-state index contributed by atoms with van der Waals surface area (Å²) in [4.78, 5) is 19.4. The summed E-state index contributed by atoms with van der Waals surface area (Å²) in [5, 5.41) is 3.83. The van der Waals surface area contributed by atoms with E-state index in [-0.39, 0.29) is 17.6 Å². The van der Waals surface area contributed by atoms with Crippen LogP contribution in [0.5, 0.6) is 5.75 Å². The number of fused-ring (bicyclic) bond motifs is 1. The van der Waals surface area contributed by atoms with Gasteiger partial charge >= 0.3 is 0 Å². The maximum atomic E-state index is 13.4. The number of carbonyl (C=O) groups excluding carboxylic acids is 1. The van der Waals surface area contributed by atoms with Crippen LogP contribution in [0.1, 0.15) is 12.8 Å². The number of hydrogen-bond donors (Lipinski definition) is 1. The largest absolute Gasteiger partial charge is 0.497 e. The number of benzene rings is 2. The highest BCUT2D eigenvalue weighted by Crippen LogP contribution is 2.32. The van der Waals surface area contributed by atoms with Gasteiger partial charge in [0.05, 0.1) is 23.2 Å². The van der Waals surface area contributed by atoms with Gasteiger partial charge in [-0.1, -0.05) is 11.3 Å². The van der Waals surface area contributed by atoms with Crippen LogP contribution >= 0.6 is 11.3 Å². The Labute approximate surface area is 160 Å². The van der Waals surface area contributed by atoms with Crippen LogP contribution in [0.3, 0.4) is 0 Å². The molecule has 0 bridgehead atoms. The van der Waals surface area contributed by atoms with Gasteiger partial charge in [-0.15, -0.1) is 0 Å². The lowest BCUT2D eigenvalue weighted by Gasteiger charge is -2.31. The summed E-state index contributed by atoms with van der Waals surface area (Å²) in [7, 11) is 1.61. The van der Waals surface area contributed by atoms with Gasteiger partial charge in [-0.25, -0.2) is 9.37 Å². The summed E-state index contributed by atoms with van der Waals surface area (Å²) in [6, 6.07) is 11.9. The zero-order chi connectivity index (χ0) is 18.8. The number of amides is 1. The van der Waals surface area contributed by atoms with Crippen LogP contribution < -0.4 is 15.0 Å². The van der Waals surface area contributed by atoms with Gasteiger partial charge < -0.3 is 15.0 Å². The van der Waals surface area contributed by atoms with E-state index in [1.807, 2.05) is 24.3 Å². The van der Waals surface area contributed by atoms with E-state index in [0.717, 1.165) is 46.2 Å². The molecule has 2 heterocycles. The Kier molecular flexibility index (Phi) is 4.94. The first-order chi connectivity index (χ1) is 13.1. The number of nitrogens with zero attached hydrogens (tertiary/aromatic N) is 2. The fourth-order valence-corrected chi connectivity index (χ4v) is 4.33. The highest BCUT2D eigenvalue weighted by Gasteiger charge is 2.27. The standard InChI is InChI=1S/C20H20FN3O2S/c1-26-16-7-5-15(6-8-16)22-19(25)13-3-2-10-24(12-13)20-23-17-9-4-14(21)11-18(17)27-20/h4-9,11,13H,2-3,10,12H2,1H3,(H,22,25). The molecule has 5 nitrogen and oxygen atoms in total. The van der Waals surface area contributed by atoms with Crippen molar-refractivity contribution in [3.8, 4) is 5.75 Å². The van der Waals surface area contributed by atoms with Crippen molar-refractivity contribution in [1.29, 1.82) is 0 Å². The van der Waals surface area contributed by atoms with Crippen molar-refractivity contribution in [1.82, 2.24) is 4.98 Å². The predicted octanol–water partition coefficient (Wildman–Crippen LogP) is 4.30. The summed E-state index contributed by atoms with van der Waals surface area (Å²) in [6.45, 7) is 1.47. The number of halogens is 1. The minimum Gasteiger partial charge on any atom is -0.497 e. The molecule has 0 radical (unpaired) electrons. The lowest BCUT2D eigenvalue weighted by atomic mass is 9.97. The van der Waals surface area contributed by atoms with E-state index in [4.69, 9.17) is 4.74 Å². The lowest BCUT2D eigenvalue weighted by molar-refractivity contribution is -0.120. The Hall–Kier alpha value is -2.67. The SMILES string of the molecule is COc1ccc(NC(=O)C2CCCN(c3nc4ccc(F)cc4s3)C2)cc1. The highest BCUT2D eigenvalue weighted by atomic mass is 32.1. The van der Waals surface area contributed by atoms with Gasteiger partial charge in [0.1, 0.15) is 11.6 Å². The normalized spacial score (nSPS) is 17.1. The van der Waals surface area contributed by atoms with Gasteiger partial charge in [0.25, 0.3) is 0 Å². The van der Waals surface area contributed by atoms with Crippen molar-refractivity contribution in [2.24, 2.45) is 5.92 Å². The van der Waals surface area contributed by atoms with E-state index < -0.39 is 0 Å². The number of hydrogen-bond acceptors (Lipinski definition) is 5. The smallest absolute Gasteiger partial charge is 0.229 e. The van der Waals surface area contributed by atoms with E-state index in [1.165, 1.54) is 23.5 Å². The maximum Gasteiger partial charge on any atom is 0.229 e. The van der Waals surface area contributed by atoms with Gasteiger partial charge in [0, 0.05) is 18.8 Å². The number of anilines is 2. The van der Waals surface area contributed by atoms with Gasteiger partial charge in [0.15, 0.2) is 5.13 Å². The number of nitrogens with one attached hydrogen (secondary N) is 1. The number of carbonyl (C=O) groups is 1. The Bertz CT molecular complexity index is 958. The van der Waals surface area contributed by atoms with Crippen molar-refractivity contribution in [3.05, 3.63) is 48.3 Å². The van der Waals surface area contributed by atoms with E-state index >= 15 is 0 Å².